The van der Waals surface area contributed by atoms with E-state index in [1.165, 1.54) is 31.6 Å². The maximum absolute atomic E-state index is 12.5. The second-order valence-corrected chi connectivity index (χ2v) is 8.67. The van der Waals surface area contributed by atoms with Gasteiger partial charge in [-0.1, -0.05) is 15.9 Å². The van der Waals surface area contributed by atoms with E-state index in [2.05, 4.69) is 41.3 Å². The van der Waals surface area contributed by atoms with Gasteiger partial charge in [0.25, 0.3) is 10.0 Å². The van der Waals surface area contributed by atoms with E-state index in [9.17, 15) is 8.42 Å². The maximum atomic E-state index is 12.5. The summed E-state index contributed by atoms with van der Waals surface area (Å²) in [5.41, 5.74) is 1.47. The molecule has 0 fully saturated rings. The van der Waals surface area contributed by atoms with Crippen LogP contribution in [0.3, 0.4) is 0 Å². The summed E-state index contributed by atoms with van der Waals surface area (Å²) < 4.78 is 33.4. The van der Waals surface area contributed by atoms with Crippen LogP contribution < -0.4 is 20.1 Å². The number of hydrogen-bond donors (Lipinski definition) is 3. The molecule has 0 atom stereocenters. The number of nitrogens with zero attached hydrogens (tertiary/aromatic N) is 2. The Labute approximate surface area is 181 Å². The lowest BCUT2D eigenvalue weighted by Gasteiger charge is -2.12. The zero-order valence-electron chi connectivity index (χ0n) is 15.1. The van der Waals surface area contributed by atoms with Gasteiger partial charge < -0.3 is 15.4 Å². The molecule has 0 radical (unpaired) electrons. The molecule has 0 saturated heterocycles. The van der Waals surface area contributed by atoms with Gasteiger partial charge in [-0.25, -0.2) is 18.4 Å². The van der Waals surface area contributed by atoms with E-state index in [0.29, 0.717) is 10.8 Å². The molecular formula is C18H16BrN5O3S2. The van der Waals surface area contributed by atoms with Gasteiger partial charge in [-0.15, -0.1) is 0 Å². The topological polar surface area (TPSA) is 105 Å². The van der Waals surface area contributed by atoms with Crippen molar-refractivity contribution in [1.29, 1.82) is 0 Å². The van der Waals surface area contributed by atoms with Crippen LogP contribution in [0, 0.1) is 0 Å². The molecule has 0 spiro atoms. The molecule has 2 aromatic carbocycles. The lowest BCUT2D eigenvalue weighted by Crippen LogP contribution is -2.19. The van der Waals surface area contributed by atoms with E-state index in [1.807, 2.05) is 24.3 Å². The van der Waals surface area contributed by atoms with E-state index in [0.717, 1.165) is 10.2 Å². The highest BCUT2D eigenvalue weighted by atomic mass is 79.9. The Morgan fingerprint density at radius 2 is 1.59 bits per heavy atom. The molecule has 8 nitrogen and oxygen atoms in total. The molecule has 0 bridgehead atoms. The number of benzene rings is 2. The van der Waals surface area contributed by atoms with Crippen molar-refractivity contribution in [3.05, 3.63) is 65.4 Å². The molecule has 11 heteroatoms. The van der Waals surface area contributed by atoms with Crippen molar-refractivity contribution in [1.82, 2.24) is 9.97 Å². The Morgan fingerprint density at radius 1 is 1.00 bits per heavy atom. The average Bonchev–Trinajstić information content (AvgIpc) is 2.70. The van der Waals surface area contributed by atoms with E-state index in [4.69, 9.17) is 17.0 Å². The summed E-state index contributed by atoms with van der Waals surface area (Å²) in [6, 6.07) is 15.1. The summed E-state index contributed by atoms with van der Waals surface area (Å²) in [6.07, 6.45) is 1.21. The van der Waals surface area contributed by atoms with Gasteiger partial charge in [0, 0.05) is 21.9 Å². The molecule has 0 amide bonds. The second kappa shape index (κ2) is 9.16. The number of rotatable bonds is 6. The molecule has 3 rings (SSSR count). The van der Waals surface area contributed by atoms with Crippen LogP contribution in [0.4, 0.5) is 17.2 Å². The Morgan fingerprint density at radius 3 is 2.17 bits per heavy atom. The minimum atomic E-state index is -3.81. The quantitative estimate of drug-likeness (QED) is 0.444. The van der Waals surface area contributed by atoms with Crippen LogP contribution in [-0.4, -0.2) is 30.6 Å². The van der Waals surface area contributed by atoms with Crippen LogP contribution in [0.5, 0.6) is 5.88 Å². The summed E-state index contributed by atoms with van der Waals surface area (Å²) in [5, 5.41) is 6.44. The number of anilines is 3. The van der Waals surface area contributed by atoms with Gasteiger partial charge in [0.2, 0.25) is 5.88 Å². The van der Waals surface area contributed by atoms with Gasteiger partial charge in [0.15, 0.2) is 5.11 Å². The largest absolute Gasteiger partial charge is 0.481 e. The number of aromatic nitrogens is 2. The third-order valence-electron chi connectivity index (χ3n) is 3.61. The van der Waals surface area contributed by atoms with Crippen LogP contribution in [0.25, 0.3) is 0 Å². The van der Waals surface area contributed by atoms with Gasteiger partial charge in [0.05, 0.1) is 12.0 Å². The molecule has 0 unspecified atom stereocenters. The third kappa shape index (κ3) is 5.86. The average molecular weight is 494 g/mol. The predicted molar refractivity (Wildman–Crippen MR) is 120 cm³/mol. The molecule has 0 aliphatic carbocycles. The molecular weight excluding hydrogens is 478 g/mol. The number of nitrogens with one attached hydrogen (secondary N) is 3. The molecule has 3 N–H and O–H groups in total. The zero-order chi connectivity index (χ0) is 20.9. The van der Waals surface area contributed by atoms with Gasteiger partial charge in [-0.3, -0.25) is 4.72 Å². The number of sulfonamides is 1. The summed E-state index contributed by atoms with van der Waals surface area (Å²) in [6.45, 7) is 0. The Bertz CT molecular complexity index is 1110. The van der Waals surface area contributed by atoms with Crippen molar-refractivity contribution in [3.8, 4) is 5.88 Å². The van der Waals surface area contributed by atoms with Crippen LogP contribution in [0.1, 0.15) is 0 Å². The van der Waals surface area contributed by atoms with Crippen molar-refractivity contribution >= 4 is 60.5 Å². The van der Waals surface area contributed by atoms with E-state index in [1.54, 1.807) is 12.1 Å². The SMILES string of the molecule is COc1cc(NS(=O)(=O)c2ccc(NC(=S)Nc3ccc(Br)cc3)cc2)ncn1. The highest BCUT2D eigenvalue weighted by Crippen LogP contribution is 2.19. The molecule has 150 valence electrons. The number of thiocarbonyl (C=S) groups is 1. The second-order valence-electron chi connectivity index (χ2n) is 5.66. The molecule has 0 saturated carbocycles. The third-order valence-corrected chi connectivity index (χ3v) is 5.72. The first kappa shape index (κ1) is 21.0. The Kier molecular flexibility index (Phi) is 6.62. The van der Waals surface area contributed by atoms with Crippen molar-refractivity contribution in [2.24, 2.45) is 0 Å². The van der Waals surface area contributed by atoms with Gasteiger partial charge in [-0.05, 0) is 60.7 Å². The first-order chi connectivity index (χ1) is 13.9. The Balaban J connectivity index is 1.65. The van der Waals surface area contributed by atoms with E-state index in [-0.39, 0.29) is 16.6 Å². The first-order valence-electron chi connectivity index (χ1n) is 8.18. The van der Waals surface area contributed by atoms with E-state index >= 15 is 0 Å². The lowest BCUT2D eigenvalue weighted by molar-refractivity contribution is 0.397. The molecule has 1 aromatic heterocycles. The minimum Gasteiger partial charge on any atom is -0.481 e. The van der Waals surface area contributed by atoms with Crippen LogP contribution in [-0.2, 0) is 10.0 Å². The zero-order valence-corrected chi connectivity index (χ0v) is 18.3. The van der Waals surface area contributed by atoms with Gasteiger partial charge in [-0.2, -0.15) is 0 Å². The van der Waals surface area contributed by atoms with Crippen LogP contribution >= 0.6 is 28.1 Å². The van der Waals surface area contributed by atoms with Crippen LogP contribution in [0.2, 0.25) is 0 Å². The summed E-state index contributed by atoms with van der Waals surface area (Å²) in [7, 11) is -2.38. The molecule has 1 heterocycles. The van der Waals surface area contributed by atoms with E-state index < -0.39 is 10.0 Å². The van der Waals surface area contributed by atoms with Crippen molar-refractivity contribution in [3.63, 3.8) is 0 Å². The van der Waals surface area contributed by atoms with Crippen LogP contribution in [0.15, 0.2) is 70.3 Å². The maximum Gasteiger partial charge on any atom is 0.263 e. The van der Waals surface area contributed by atoms with Crippen molar-refractivity contribution in [2.45, 2.75) is 4.90 Å². The molecule has 29 heavy (non-hydrogen) atoms. The molecule has 0 aliphatic heterocycles. The van der Waals surface area contributed by atoms with Gasteiger partial charge >= 0.3 is 0 Å². The summed E-state index contributed by atoms with van der Waals surface area (Å²) in [4.78, 5) is 7.79. The smallest absolute Gasteiger partial charge is 0.263 e. The molecule has 0 aliphatic rings. The number of halogens is 1. The monoisotopic (exact) mass is 493 g/mol. The fourth-order valence-corrected chi connectivity index (χ4v) is 3.75. The Hall–Kier alpha value is -2.76. The number of hydrogen-bond acceptors (Lipinski definition) is 6. The summed E-state index contributed by atoms with van der Waals surface area (Å²) in [5.74, 6) is 0.364. The minimum absolute atomic E-state index is 0.0763. The lowest BCUT2D eigenvalue weighted by atomic mass is 10.3. The highest BCUT2D eigenvalue weighted by molar-refractivity contribution is 9.10. The fourth-order valence-electron chi connectivity index (χ4n) is 2.25. The van der Waals surface area contributed by atoms with Crippen molar-refractivity contribution in [2.75, 3.05) is 22.5 Å². The number of ether oxygens (including phenoxy) is 1. The first-order valence-corrected chi connectivity index (χ1v) is 10.9. The molecule has 3 aromatic rings. The normalized spacial score (nSPS) is 10.8. The van der Waals surface area contributed by atoms with Crippen molar-refractivity contribution < 1.29 is 13.2 Å². The fraction of sp³-hybridized carbons (Fsp3) is 0.0556. The number of methoxy groups -OCH3 is 1. The summed E-state index contributed by atoms with van der Waals surface area (Å²) >= 11 is 8.65. The standard InChI is InChI=1S/C18H16BrN5O3S2/c1-27-17-10-16(20-11-21-17)24-29(25,26)15-8-6-14(7-9-15)23-18(28)22-13-4-2-12(19)3-5-13/h2-11H,1H3,(H,20,21,24)(H2,22,23,28). The van der Waals surface area contributed by atoms with Gasteiger partial charge in [0.1, 0.15) is 12.1 Å². The highest BCUT2D eigenvalue weighted by Gasteiger charge is 2.15. The predicted octanol–water partition coefficient (Wildman–Crippen LogP) is 3.86.